The van der Waals surface area contributed by atoms with Crippen molar-refractivity contribution in [1.29, 1.82) is 0 Å². The van der Waals surface area contributed by atoms with Crippen LogP contribution in [0.25, 0.3) is 0 Å². The second kappa shape index (κ2) is 10.2. The number of hydrogen-bond acceptors (Lipinski definition) is 5. The van der Waals surface area contributed by atoms with Gasteiger partial charge in [-0.1, -0.05) is 43.7 Å². The van der Waals surface area contributed by atoms with E-state index in [9.17, 15) is 4.79 Å². The Bertz CT molecular complexity index is 831. The SMILES string of the molecule is COc1ccc(OCc2c(C(=O)N(C3CCCCC3)C3CCCCC3)noc2C)cc1. The molecule has 0 aliphatic heterocycles. The van der Waals surface area contributed by atoms with E-state index in [2.05, 4.69) is 10.1 Å². The highest BCUT2D eigenvalue weighted by Gasteiger charge is 2.35. The number of benzene rings is 1. The number of aryl methyl sites for hydroxylation is 1. The van der Waals surface area contributed by atoms with Gasteiger partial charge in [-0.15, -0.1) is 0 Å². The Morgan fingerprint density at radius 2 is 1.52 bits per heavy atom. The molecule has 1 heterocycles. The summed E-state index contributed by atoms with van der Waals surface area (Å²) >= 11 is 0. The van der Waals surface area contributed by atoms with Crippen LogP contribution in [-0.2, 0) is 6.61 Å². The van der Waals surface area contributed by atoms with E-state index in [1.54, 1.807) is 7.11 Å². The summed E-state index contributed by atoms with van der Waals surface area (Å²) in [5.74, 6) is 2.16. The number of aromatic nitrogens is 1. The standard InChI is InChI=1S/C25H34N2O4/c1-18-23(17-30-22-15-13-21(29-2)14-16-22)24(26-31-18)25(28)27(19-9-5-3-6-10-19)20-11-7-4-8-12-20/h13-16,19-20H,3-12,17H2,1-2H3. The van der Waals surface area contributed by atoms with E-state index in [4.69, 9.17) is 14.0 Å². The normalized spacial score (nSPS) is 18.0. The highest BCUT2D eigenvalue weighted by atomic mass is 16.5. The van der Waals surface area contributed by atoms with Crippen molar-refractivity contribution < 1.29 is 18.8 Å². The van der Waals surface area contributed by atoms with Gasteiger partial charge in [0.25, 0.3) is 5.91 Å². The molecule has 0 bridgehead atoms. The molecule has 1 aromatic carbocycles. The number of rotatable bonds is 7. The number of carbonyl (C=O) groups excluding carboxylic acids is 1. The molecule has 2 aromatic rings. The molecule has 0 atom stereocenters. The molecule has 0 radical (unpaired) electrons. The summed E-state index contributed by atoms with van der Waals surface area (Å²) < 4.78 is 16.6. The molecule has 31 heavy (non-hydrogen) atoms. The summed E-state index contributed by atoms with van der Waals surface area (Å²) in [4.78, 5) is 16.0. The van der Waals surface area contributed by atoms with E-state index < -0.39 is 0 Å². The first-order valence-electron chi connectivity index (χ1n) is 11.7. The van der Waals surface area contributed by atoms with Crippen molar-refractivity contribution in [2.24, 2.45) is 0 Å². The predicted molar refractivity (Wildman–Crippen MR) is 118 cm³/mol. The smallest absolute Gasteiger partial charge is 0.276 e. The van der Waals surface area contributed by atoms with Gasteiger partial charge in [0.1, 0.15) is 23.9 Å². The Kier molecular flexibility index (Phi) is 7.15. The molecule has 2 aliphatic rings. The monoisotopic (exact) mass is 426 g/mol. The summed E-state index contributed by atoms with van der Waals surface area (Å²) in [6.45, 7) is 2.11. The summed E-state index contributed by atoms with van der Waals surface area (Å²) in [6.07, 6.45) is 11.7. The minimum absolute atomic E-state index is 0.0176. The average molecular weight is 427 g/mol. The highest BCUT2D eigenvalue weighted by Crippen LogP contribution is 2.32. The van der Waals surface area contributed by atoms with Gasteiger partial charge in [-0.25, -0.2) is 0 Å². The number of methoxy groups -OCH3 is 1. The molecule has 168 valence electrons. The number of carbonyl (C=O) groups is 1. The Morgan fingerprint density at radius 3 is 2.06 bits per heavy atom. The second-order valence-corrected chi connectivity index (χ2v) is 8.83. The van der Waals surface area contributed by atoms with E-state index in [0.29, 0.717) is 23.5 Å². The third kappa shape index (κ3) is 5.05. The van der Waals surface area contributed by atoms with E-state index in [1.165, 1.54) is 38.5 Å². The summed E-state index contributed by atoms with van der Waals surface area (Å²) in [6, 6.07) is 8.07. The van der Waals surface area contributed by atoms with E-state index in [1.807, 2.05) is 31.2 Å². The van der Waals surface area contributed by atoms with Gasteiger partial charge in [0, 0.05) is 12.1 Å². The third-order valence-corrected chi connectivity index (χ3v) is 6.80. The minimum Gasteiger partial charge on any atom is -0.497 e. The van der Waals surface area contributed by atoms with Gasteiger partial charge in [0.2, 0.25) is 0 Å². The number of nitrogens with zero attached hydrogens (tertiary/aromatic N) is 2. The van der Waals surface area contributed by atoms with Gasteiger partial charge in [-0.2, -0.15) is 0 Å². The average Bonchev–Trinajstić information content (AvgIpc) is 3.20. The lowest BCUT2D eigenvalue weighted by Crippen LogP contribution is -2.49. The molecule has 1 amide bonds. The maximum atomic E-state index is 13.8. The van der Waals surface area contributed by atoms with Gasteiger partial charge in [-0.3, -0.25) is 4.79 Å². The topological polar surface area (TPSA) is 64.8 Å². The van der Waals surface area contributed by atoms with Crippen LogP contribution in [0.4, 0.5) is 0 Å². The van der Waals surface area contributed by atoms with Gasteiger partial charge in [0.05, 0.1) is 12.7 Å². The van der Waals surface area contributed by atoms with Crippen molar-refractivity contribution in [3.8, 4) is 11.5 Å². The fraction of sp³-hybridized carbons (Fsp3) is 0.600. The Labute approximate surface area is 184 Å². The maximum Gasteiger partial charge on any atom is 0.276 e. The van der Waals surface area contributed by atoms with Gasteiger partial charge >= 0.3 is 0 Å². The van der Waals surface area contributed by atoms with Crippen LogP contribution in [-0.4, -0.2) is 35.2 Å². The van der Waals surface area contributed by atoms with Crippen LogP contribution in [0, 0.1) is 6.92 Å². The van der Waals surface area contributed by atoms with Gasteiger partial charge < -0.3 is 18.9 Å². The van der Waals surface area contributed by atoms with Gasteiger partial charge in [0.15, 0.2) is 5.69 Å². The molecule has 0 saturated heterocycles. The lowest BCUT2D eigenvalue weighted by atomic mass is 9.88. The van der Waals surface area contributed by atoms with Crippen molar-refractivity contribution in [2.45, 2.75) is 89.8 Å². The van der Waals surface area contributed by atoms with Gasteiger partial charge in [-0.05, 0) is 56.9 Å². The van der Waals surface area contributed by atoms with Crippen molar-refractivity contribution in [3.63, 3.8) is 0 Å². The first kappa shape index (κ1) is 21.7. The first-order chi connectivity index (χ1) is 15.2. The predicted octanol–water partition coefficient (Wildman–Crippen LogP) is 5.68. The third-order valence-electron chi connectivity index (χ3n) is 6.80. The number of ether oxygens (including phenoxy) is 2. The van der Waals surface area contributed by atoms with Crippen LogP contribution >= 0.6 is 0 Å². The van der Waals surface area contributed by atoms with Crippen molar-refractivity contribution in [3.05, 3.63) is 41.3 Å². The zero-order valence-corrected chi connectivity index (χ0v) is 18.8. The zero-order chi connectivity index (χ0) is 21.6. The Morgan fingerprint density at radius 1 is 0.968 bits per heavy atom. The summed E-state index contributed by atoms with van der Waals surface area (Å²) in [7, 11) is 1.64. The van der Waals surface area contributed by atoms with Crippen LogP contribution in [0.1, 0.15) is 86.0 Å². The quantitative estimate of drug-likeness (QED) is 0.570. The molecule has 2 aliphatic carbocycles. The number of amides is 1. The van der Waals surface area contributed by atoms with Crippen LogP contribution in [0.3, 0.4) is 0 Å². The van der Waals surface area contributed by atoms with Crippen molar-refractivity contribution >= 4 is 5.91 Å². The lowest BCUT2D eigenvalue weighted by Gasteiger charge is -2.41. The second-order valence-electron chi connectivity index (χ2n) is 8.83. The number of hydrogen-bond donors (Lipinski definition) is 0. The summed E-state index contributed by atoms with van der Waals surface area (Å²) in [5, 5.41) is 4.20. The molecule has 2 saturated carbocycles. The molecule has 6 nitrogen and oxygen atoms in total. The molecule has 6 heteroatoms. The minimum atomic E-state index is 0.0176. The Balaban J connectivity index is 1.54. The Hall–Kier alpha value is -2.50. The molecule has 0 N–H and O–H groups in total. The van der Waals surface area contributed by atoms with Crippen LogP contribution in [0.15, 0.2) is 28.8 Å². The lowest BCUT2D eigenvalue weighted by molar-refractivity contribution is 0.0436. The largest absolute Gasteiger partial charge is 0.497 e. The fourth-order valence-corrected chi connectivity index (χ4v) is 5.03. The molecule has 4 rings (SSSR count). The molecule has 0 spiro atoms. The zero-order valence-electron chi connectivity index (χ0n) is 18.8. The molecular formula is C25H34N2O4. The maximum absolute atomic E-state index is 13.8. The fourth-order valence-electron chi connectivity index (χ4n) is 5.03. The van der Waals surface area contributed by atoms with Crippen LogP contribution in [0.2, 0.25) is 0 Å². The van der Waals surface area contributed by atoms with Crippen molar-refractivity contribution in [2.75, 3.05) is 7.11 Å². The van der Waals surface area contributed by atoms with E-state index >= 15 is 0 Å². The molecule has 1 aromatic heterocycles. The molecule has 0 unspecified atom stereocenters. The van der Waals surface area contributed by atoms with Crippen molar-refractivity contribution in [1.82, 2.24) is 10.1 Å². The van der Waals surface area contributed by atoms with E-state index in [-0.39, 0.29) is 12.5 Å². The molecular weight excluding hydrogens is 392 g/mol. The summed E-state index contributed by atoms with van der Waals surface area (Å²) in [5.41, 5.74) is 1.17. The highest BCUT2D eigenvalue weighted by molar-refractivity contribution is 5.94. The molecule has 2 fully saturated rings. The van der Waals surface area contributed by atoms with E-state index in [0.717, 1.165) is 42.7 Å². The van der Waals surface area contributed by atoms with Crippen LogP contribution < -0.4 is 9.47 Å². The van der Waals surface area contributed by atoms with Crippen LogP contribution in [0.5, 0.6) is 11.5 Å². The first-order valence-corrected chi connectivity index (χ1v) is 11.7.